The standard InChI is InChI=1S/C14H27NO2/c1-4-15(11-12-7-5-8-12)10-6-9-14(2,3)13(16)17/h12H,4-11H2,1-3H3,(H,16,17). The summed E-state index contributed by atoms with van der Waals surface area (Å²) in [6, 6.07) is 0. The van der Waals surface area contributed by atoms with Gasteiger partial charge in [0.25, 0.3) is 0 Å². The van der Waals surface area contributed by atoms with E-state index in [1.54, 1.807) is 0 Å². The Kier molecular flexibility index (Phi) is 5.44. The molecule has 3 nitrogen and oxygen atoms in total. The van der Waals surface area contributed by atoms with Crippen LogP contribution < -0.4 is 0 Å². The Labute approximate surface area is 105 Å². The van der Waals surface area contributed by atoms with Crippen LogP contribution in [0.3, 0.4) is 0 Å². The van der Waals surface area contributed by atoms with Crippen LogP contribution in [0, 0.1) is 11.3 Å². The van der Waals surface area contributed by atoms with Gasteiger partial charge in [0.2, 0.25) is 0 Å². The van der Waals surface area contributed by atoms with Crippen molar-refractivity contribution in [3.05, 3.63) is 0 Å². The normalized spacial score (nSPS) is 17.2. The number of hydrogen-bond acceptors (Lipinski definition) is 2. The maximum absolute atomic E-state index is 11.0. The summed E-state index contributed by atoms with van der Waals surface area (Å²) in [5.74, 6) is 0.224. The summed E-state index contributed by atoms with van der Waals surface area (Å²) in [6.07, 6.45) is 5.92. The van der Waals surface area contributed by atoms with Crippen LogP contribution in [0.15, 0.2) is 0 Å². The average Bonchev–Trinajstić information content (AvgIpc) is 2.20. The second-order valence-corrected chi connectivity index (χ2v) is 5.98. The molecule has 0 bridgehead atoms. The van der Waals surface area contributed by atoms with Crippen molar-refractivity contribution >= 4 is 5.97 Å². The van der Waals surface area contributed by atoms with Crippen molar-refractivity contribution in [1.29, 1.82) is 0 Å². The van der Waals surface area contributed by atoms with E-state index in [4.69, 9.17) is 5.11 Å². The molecule has 0 aliphatic heterocycles. The molecule has 3 heteroatoms. The van der Waals surface area contributed by atoms with Crippen molar-refractivity contribution in [1.82, 2.24) is 4.90 Å². The first kappa shape index (κ1) is 14.5. The minimum absolute atomic E-state index is 0.574. The number of nitrogens with zero attached hydrogens (tertiary/aromatic N) is 1. The lowest BCUT2D eigenvalue weighted by atomic mass is 9.85. The minimum atomic E-state index is -0.681. The Balaban J connectivity index is 2.20. The predicted molar refractivity (Wildman–Crippen MR) is 70.1 cm³/mol. The number of carboxylic acid groups (broad SMARTS) is 1. The van der Waals surface area contributed by atoms with Crippen LogP contribution in [0.4, 0.5) is 0 Å². The fourth-order valence-electron chi connectivity index (χ4n) is 2.27. The molecule has 0 amide bonds. The topological polar surface area (TPSA) is 40.5 Å². The lowest BCUT2D eigenvalue weighted by Gasteiger charge is -2.32. The van der Waals surface area contributed by atoms with Gasteiger partial charge in [-0.2, -0.15) is 0 Å². The van der Waals surface area contributed by atoms with Gasteiger partial charge in [0.15, 0.2) is 0 Å². The average molecular weight is 241 g/mol. The highest BCUT2D eigenvalue weighted by Crippen LogP contribution is 2.27. The molecule has 0 unspecified atom stereocenters. The molecule has 0 aromatic rings. The fraction of sp³-hybridized carbons (Fsp3) is 0.929. The summed E-state index contributed by atoms with van der Waals surface area (Å²) in [5, 5.41) is 9.04. The summed E-state index contributed by atoms with van der Waals surface area (Å²) in [4.78, 5) is 13.5. The van der Waals surface area contributed by atoms with Crippen molar-refractivity contribution in [3.63, 3.8) is 0 Å². The number of carbonyl (C=O) groups is 1. The first-order valence-electron chi connectivity index (χ1n) is 6.91. The molecular formula is C14H27NO2. The molecule has 1 aliphatic rings. The first-order chi connectivity index (χ1) is 7.95. The molecule has 0 saturated heterocycles. The minimum Gasteiger partial charge on any atom is -0.481 e. The SMILES string of the molecule is CCN(CCCC(C)(C)C(=O)O)CC1CCC1. The van der Waals surface area contributed by atoms with E-state index in [0.29, 0.717) is 0 Å². The Hall–Kier alpha value is -0.570. The maximum atomic E-state index is 11.0. The van der Waals surface area contributed by atoms with E-state index in [1.165, 1.54) is 25.8 Å². The van der Waals surface area contributed by atoms with Crippen molar-refractivity contribution in [2.75, 3.05) is 19.6 Å². The van der Waals surface area contributed by atoms with Crippen molar-refractivity contribution in [2.24, 2.45) is 11.3 Å². The molecule has 0 spiro atoms. The molecule has 0 heterocycles. The molecule has 0 aromatic heterocycles. The van der Waals surface area contributed by atoms with Crippen molar-refractivity contribution < 1.29 is 9.90 Å². The van der Waals surface area contributed by atoms with Gasteiger partial charge in [0.05, 0.1) is 5.41 Å². The molecule has 1 fully saturated rings. The largest absolute Gasteiger partial charge is 0.481 e. The van der Waals surface area contributed by atoms with E-state index in [2.05, 4.69) is 11.8 Å². The predicted octanol–water partition coefficient (Wildman–Crippen LogP) is 3.00. The highest BCUT2D eigenvalue weighted by atomic mass is 16.4. The van der Waals surface area contributed by atoms with Crippen LogP contribution in [-0.4, -0.2) is 35.6 Å². The van der Waals surface area contributed by atoms with E-state index in [-0.39, 0.29) is 0 Å². The van der Waals surface area contributed by atoms with Gasteiger partial charge >= 0.3 is 5.97 Å². The Morgan fingerprint density at radius 3 is 2.47 bits per heavy atom. The smallest absolute Gasteiger partial charge is 0.309 e. The third kappa shape index (κ3) is 4.66. The first-order valence-corrected chi connectivity index (χ1v) is 6.91. The van der Waals surface area contributed by atoms with Crippen LogP contribution in [0.2, 0.25) is 0 Å². The Morgan fingerprint density at radius 1 is 1.41 bits per heavy atom. The molecule has 1 saturated carbocycles. The third-order valence-electron chi connectivity index (χ3n) is 4.04. The third-order valence-corrected chi connectivity index (χ3v) is 4.04. The summed E-state index contributed by atoms with van der Waals surface area (Å²) in [6.45, 7) is 9.17. The number of hydrogen-bond donors (Lipinski definition) is 1. The van der Waals surface area contributed by atoms with Crippen molar-refractivity contribution in [3.8, 4) is 0 Å². The quantitative estimate of drug-likeness (QED) is 0.710. The zero-order chi connectivity index (χ0) is 12.9. The van der Waals surface area contributed by atoms with Gasteiger partial charge < -0.3 is 10.0 Å². The monoisotopic (exact) mass is 241 g/mol. The highest BCUT2D eigenvalue weighted by molar-refractivity contribution is 5.73. The van der Waals surface area contributed by atoms with E-state index >= 15 is 0 Å². The lowest BCUT2D eigenvalue weighted by Crippen LogP contribution is -2.34. The zero-order valence-electron chi connectivity index (χ0n) is 11.5. The summed E-state index contributed by atoms with van der Waals surface area (Å²) >= 11 is 0. The van der Waals surface area contributed by atoms with Crippen LogP contribution >= 0.6 is 0 Å². The van der Waals surface area contributed by atoms with Crippen molar-refractivity contribution in [2.45, 2.75) is 52.9 Å². The lowest BCUT2D eigenvalue weighted by molar-refractivity contribution is -0.147. The molecule has 100 valence electrons. The molecule has 1 rings (SSSR count). The van der Waals surface area contributed by atoms with Gasteiger partial charge in [-0.05, 0) is 58.5 Å². The van der Waals surface area contributed by atoms with E-state index in [1.807, 2.05) is 13.8 Å². The van der Waals surface area contributed by atoms with Crippen LogP contribution in [0.1, 0.15) is 52.9 Å². The number of aliphatic carboxylic acids is 1. The van der Waals surface area contributed by atoms with Gasteiger partial charge in [-0.15, -0.1) is 0 Å². The van der Waals surface area contributed by atoms with Gasteiger partial charge in [0, 0.05) is 6.54 Å². The molecule has 1 N–H and O–H groups in total. The van der Waals surface area contributed by atoms with Gasteiger partial charge in [-0.1, -0.05) is 13.3 Å². The Bertz CT molecular complexity index is 247. The molecule has 1 aliphatic carbocycles. The van der Waals surface area contributed by atoms with Gasteiger partial charge in [0.1, 0.15) is 0 Å². The molecule has 17 heavy (non-hydrogen) atoms. The second-order valence-electron chi connectivity index (χ2n) is 5.98. The van der Waals surface area contributed by atoms with Crippen LogP contribution in [0.25, 0.3) is 0 Å². The summed E-state index contributed by atoms with van der Waals surface area (Å²) < 4.78 is 0. The van der Waals surface area contributed by atoms with Gasteiger partial charge in [-0.3, -0.25) is 4.79 Å². The molecule has 0 atom stereocenters. The molecular weight excluding hydrogens is 214 g/mol. The van der Waals surface area contributed by atoms with Gasteiger partial charge in [-0.25, -0.2) is 0 Å². The van der Waals surface area contributed by atoms with E-state index < -0.39 is 11.4 Å². The maximum Gasteiger partial charge on any atom is 0.309 e. The second kappa shape index (κ2) is 6.39. The van der Waals surface area contributed by atoms with Crippen LogP contribution in [0.5, 0.6) is 0 Å². The van der Waals surface area contributed by atoms with E-state index in [9.17, 15) is 4.79 Å². The highest BCUT2D eigenvalue weighted by Gasteiger charge is 2.27. The zero-order valence-corrected chi connectivity index (χ0v) is 11.5. The Morgan fingerprint density at radius 2 is 2.06 bits per heavy atom. The van der Waals surface area contributed by atoms with E-state index in [0.717, 1.165) is 31.8 Å². The number of rotatable bonds is 8. The summed E-state index contributed by atoms with van der Waals surface area (Å²) in [5.41, 5.74) is -0.574. The molecule has 0 aromatic carbocycles. The summed E-state index contributed by atoms with van der Waals surface area (Å²) in [7, 11) is 0. The fourth-order valence-corrected chi connectivity index (χ4v) is 2.27. The van der Waals surface area contributed by atoms with Crippen LogP contribution in [-0.2, 0) is 4.79 Å². The number of carboxylic acids is 1. The molecule has 0 radical (unpaired) electrons.